The van der Waals surface area contributed by atoms with Crippen LogP contribution in [0.4, 0.5) is 0 Å². The molecule has 16 heavy (non-hydrogen) atoms. The van der Waals surface area contributed by atoms with Crippen molar-refractivity contribution in [3.05, 3.63) is 29.8 Å². The molecule has 88 valence electrons. The molecule has 1 aromatic rings. The van der Waals surface area contributed by atoms with Gasteiger partial charge in [-0.2, -0.15) is 0 Å². The van der Waals surface area contributed by atoms with Gasteiger partial charge < -0.3 is 4.74 Å². The van der Waals surface area contributed by atoms with Crippen molar-refractivity contribution in [1.29, 1.82) is 0 Å². The maximum absolute atomic E-state index is 5.52. The van der Waals surface area contributed by atoms with Gasteiger partial charge >= 0.3 is 0 Å². The van der Waals surface area contributed by atoms with Crippen molar-refractivity contribution in [2.75, 3.05) is 19.7 Å². The first-order valence-corrected chi connectivity index (χ1v) is 6.32. The minimum atomic E-state index is 0.743. The second-order valence-corrected chi connectivity index (χ2v) is 4.42. The number of piperidine rings is 1. The molecule has 1 aromatic carbocycles. The molecule has 1 heterocycles. The Morgan fingerprint density at radius 3 is 2.75 bits per heavy atom. The summed E-state index contributed by atoms with van der Waals surface area (Å²) < 4.78 is 5.52. The lowest BCUT2D eigenvalue weighted by atomic mass is 10.1. The molecule has 1 aliphatic rings. The number of ether oxygens (including phenoxy) is 1. The molecule has 0 unspecified atom stereocenters. The monoisotopic (exact) mass is 219 g/mol. The molecule has 2 nitrogen and oxygen atoms in total. The van der Waals surface area contributed by atoms with Crippen LogP contribution in [0.5, 0.6) is 5.75 Å². The maximum Gasteiger partial charge on any atom is 0.119 e. The van der Waals surface area contributed by atoms with Crippen molar-refractivity contribution in [1.82, 2.24) is 4.90 Å². The molecule has 2 rings (SSSR count). The molecule has 0 amide bonds. The Balaban J connectivity index is 1.94. The summed E-state index contributed by atoms with van der Waals surface area (Å²) >= 11 is 0. The van der Waals surface area contributed by atoms with Crippen molar-refractivity contribution in [3.8, 4) is 5.75 Å². The fraction of sp³-hybridized carbons (Fsp3) is 0.571. The van der Waals surface area contributed by atoms with Gasteiger partial charge in [-0.1, -0.05) is 18.6 Å². The number of hydrogen-bond donors (Lipinski definition) is 0. The molecule has 0 bridgehead atoms. The highest BCUT2D eigenvalue weighted by Gasteiger charge is 2.10. The molecular formula is C14H21NO. The zero-order valence-electron chi connectivity index (χ0n) is 10.1. The van der Waals surface area contributed by atoms with Gasteiger partial charge in [0, 0.05) is 6.54 Å². The molecule has 0 N–H and O–H groups in total. The van der Waals surface area contributed by atoms with E-state index in [9.17, 15) is 0 Å². The predicted octanol–water partition coefficient (Wildman–Crippen LogP) is 3.07. The summed E-state index contributed by atoms with van der Waals surface area (Å²) in [5, 5.41) is 0. The maximum atomic E-state index is 5.52. The van der Waals surface area contributed by atoms with Crippen LogP contribution in [0, 0.1) is 0 Å². The first-order chi connectivity index (χ1) is 7.88. The molecule has 2 heteroatoms. The molecule has 0 saturated carbocycles. The first-order valence-electron chi connectivity index (χ1n) is 6.32. The lowest BCUT2D eigenvalue weighted by Gasteiger charge is -2.26. The minimum absolute atomic E-state index is 0.743. The lowest BCUT2D eigenvalue weighted by Crippen LogP contribution is -2.29. The van der Waals surface area contributed by atoms with Crippen LogP contribution < -0.4 is 4.74 Å². The van der Waals surface area contributed by atoms with Crippen LogP contribution in [0.1, 0.15) is 31.7 Å². The third-order valence-corrected chi connectivity index (χ3v) is 3.06. The van der Waals surface area contributed by atoms with E-state index in [0.29, 0.717) is 0 Å². The van der Waals surface area contributed by atoms with Crippen LogP contribution in [-0.2, 0) is 6.54 Å². The first kappa shape index (κ1) is 11.5. The smallest absolute Gasteiger partial charge is 0.119 e. The Labute approximate surface area is 98.2 Å². The predicted molar refractivity (Wildman–Crippen MR) is 66.7 cm³/mol. The van der Waals surface area contributed by atoms with E-state index in [2.05, 4.69) is 23.1 Å². The van der Waals surface area contributed by atoms with Gasteiger partial charge in [-0.15, -0.1) is 0 Å². The average Bonchev–Trinajstić information content (AvgIpc) is 2.31. The third-order valence-electron chi connectivity index (χ3n) is 3.06. The average molecular weight is 219 g/mol. The second-order valence-electron chi connectivity index (χ2n) is 4.42. The number of rotatable bonds is 4. The van der Waals surface area contributed by atoms with Crippen LogP contribution in [0.25, 0.3) is 0 Å². The Kier molecular flexibility index (Phi) is 4.23. The molecule has 1 aliphatic heterocycles. The van der Waals surface area contributed by atoms with Gasteiger partial charge in [-0.05, 0) is 50.6 Å². The van der Waals surface area contributed by atoms with Crippen LogP contribution in [0.3, 0.4) is 0 Å². The zero-order valence-corrected chi connectivity index (χ0v) is 10.1. The third kappa shape index (κ3) is 3.24. The van der Waals surface area contributed by atoms with Crippen LogP contribution >= 0.6 is 0 Å². The SMILES string of the molecule is CCOc1cccc(CN2CCCCC2)c1. The topological polar surface area (TPSA) is 12.5 Å². The van der Waals surface area contributed by atoms with E-state index in [0.717, 1.165) is 18.9 Å². The lowest BCUT2D eigenvalue weighted by molar-refractivity contribution is 0.220. The van der Waals surface area contributed by atoms with Crippen LogP contribution in [-0.4, -0.2) is 24.6 Å². The van der Waals surface area contributed by atoms with E-state index in [-0.39, 0.29) is 0 Å². The van der Waals surface area contributed by atoms with E-state index in [1.54, 1.807) is 0 Å². The van der Waals surface area contributed by atoms with Gasteiger partial charge in [-0.25, -0.2) is 0 Å². The van der Waals surface area contributed by atoms with Crippen molar-refractivity contribution < 1.29 is 4.74 Å². The van der Waals surface area contributed by atoms with E-state index < -0.39 is 0 Å². The summed E-state index contributed by atoms with van der Waals surface area (Å²) in [6.45, 7) is 6.34. The summed E-state index contributed by atoms with van der Waals surface area (Å²) in [5.74, 6) is 0.997. The second kappa shape index (κ2) is 5.90. The van der Waals surface area contributed by atoms with Gasteiger partial charge in [0.1, 0.15) is 5.75 Å². The zero-order chi connectivity index (χ0) is 11.2. The van der Waals surface area contributed by atoms with Gasteiger partial charge in [0.05, 0.1) is 6.61 Å². The summed E-state index contributed by atoms with van der Waals surface area (Å²) in [6, 6.07) is 8.47. The summed E-state index contributed by atoms with van der Waals surface area (Å²) in [6.07, 6.45) is 4.10. The Morgan fingerprint density at radius 2 is 2.00 bits per heavy atom. The standard InChI is InChI=1S/C14H21NO/c1-2-16-14-8-6-7-13(11-14)12-15-9-4-3-5-10-15/h6-8,11H,2-5,9-10,12H2,1H3. The molecule has 0 aromatic heterocycles. The van der Waals surface area contributed by atoms with Gasteiger partial charge in [0.25, 0.3) is 0 Å². The highest BCUT2D eigenvalue weighted by Crippen LogP contribution is 2.17. The minimum Gasteiger partial charge on any atom is -0.494 e. The molecule has 0 spiro atoms. The largest absolute Gasteiger partial charge is 0.494 e. The number of nitrogens with zero attached hydrogens (tertiary/aromatic N) is 1. The molecule has 1 fully saturated rings. The van der Waals surface area contributed by atoms with E-state index in [4.69, 9.17) is 4.74 Å². The fourth-order valence-corrected chi connectivity index (χ4v) is 2.28. The van der Waals surface area contributed by atoms with Gasteiger partial charge in [0.15, 0.2) is 0 Å². The number of benzene rings is 1. The van der Waals surface area contributed by atoms with E-state index in [1.807, 2.05) is 13.0 Å². The summed E-state index contributed by atoms with van der Waals surface area (Å²) in [4.78, 5) is 2.54. The molecule has 0 aliphatic carbocycles. The Morgan fingerprint density at radius 1 is 1.19 bits per heavy atom. The molecule has 0 atom stereocenters. The van der Waals surface area contributed by atoms with Crippen LogP contribution in [0.2, 0.25) is 0 Å². The Bertz CT molecular complexity index is 318. The number of hydrogen-bond acceptors (Lipinski definition) is 2. The molecule has 0 radical (unpaired) electrons. The Hall–Kier alpha value is -1.02. The fourth-order valence-electron chi connectivity index (χ4n) is 2.28. The highest BCUT2D eigenvalue weighted by atomic mass is 16.5. The summed E-state index contributed by atoms with van der Waals surface area (Å²) in [7, 11) is 0. The quantitative estimate of drug-likeness (QED) is 0.771. The molecular weight excluding hydrogens is 198 g/mol. The van der Waals surface area contributed by atoms with E-state index in [1.165, 1.54) is 37.9 Å². The normalized spacial score (nSPS) is 17.3. The van der Waals surface area contributed by atoms with Crippen LogP contribution in [0.15, 0.2) is 24.3 Å². The van der Waals surface area contributed by atoms with Gasteiger partial charge in [-0.3, -0.25) is 4.90 Å². The van der Waals surface area contributed by atoms with E-state index >= 15 is 0 Å². The van der Waals surface area contributed by atoms with Crippen molar-refractivity contribution in [2.45, 2.75) is 32.7 Å². The number of likely N-dealkylation sites (tertiary alicyclic amines) is 1. The highest BCUT2D eigenvalue weighted by molar-refractivity contribution is 5.28. The summed E-state index contributed by atoms with van der Waals surface area (Å²) in [5.41, 5.74) is 1.37. The van der Waals surface area contributed by atoms with Crippen molar-refractivity contribution in [3.63, 3.8) is 0 Å². The van der Waals surface area contributed by atoms with Crippen molar-refractivity contribution in [2.24, 2.45) is 0 Å². The molecule has 1 saturated heterocycles. The van der Waals surface area contributed by atoms with Crippen molar-refractivity contribution >= 4 is 0 Å². The van der Waals surface area contributed by atoms with Gasteiger partial charge in [0.2, 0.25) is 0 Å².